The minimum atomic E-state index is 0.210. The zero-order valence-corrected chi connectivity index (χ0v) is 11.2. The van der Waals surface area contributed by atoms with E-state index in [1.165, 1.54) is 0 Å². The Labute approximate surface area is 108 Å². The van der Waals surface area contributed by atoms with Crippen molar-refractivity contribution in [3.05, 3.63) is 29.8 Å². The summed E-state index contributed by atoms with van der Waals surface area (Å²) >= 11 is 4.98. The normalized spacial score (nSPS) is 12.6. The molecule has 3 N–H and O–H groups in total. The number of phenols is 1. The number of hydrogen-bond donors (Lipinski definition) is 2. The van der Waals surface area contributed by atoms with Crippen molar-refractivity contribution in [1.82, 2.24) is 4.90 Å². The van der Waals surface area contributed by atoms with Crippen LogP contribution in [-0.2, 0) is 6.54 Å². The van der Waals surface area contributed by atoms with Gasteiger partial charge in [-0.3, -0.25) is 4.90 Å². The molecule has 94 valence electrons. The molecule has 0 fully saturated rings. The van der Waals surface area contributed by atoms with Crippen molar-refractivity contribution < 1.29 is 5.11 Å². The predicted molar refractivity (Wildman–Crippen MR) is 75.0 cm³/mol. The zero-order chi connectivity index (χ0) is 12.8. The van der Waals surface area contributed by atoms with Crippen molar-refractivity contribution in [2.75, 3.05) is 13.1 Å². The standard InChI is InChI=1S/C13H20N2OS/c1-3-15(8-10(2)13(14)17)9-11-5-4-6-12(16)7-11/h4-7,10,16H,3,8-9H2,1-2H3,(H2,14,17). The summed E-state index contributed by atoms with van der Waals surface area (Å²) in [6.45, 7) is 6.73. The lowest BCUT2D eigenvalue weighted by Crippen LogP contribution is -2.33. The van der Waals surface area contributed by atoms with E-state index in [9.17, 15) is 5.11 Å². The van der Waals surface area contributed by atoms with Crippen LogP contribution in [0.4, 0.5) is 0 Å². The van der Waals surface area contributed by atoms with Gasteiger partial charge in [-0.25, -0.2) is 0 Å². The van der Waals surface area contributed by atoms with Gasteiger partial charge in [-0.05, 0) is 24.2 Å². The number of thiocarbonyl (C=S) groups is 1. The molecule has 0 aliphatic heterocycles. The van der Waals surface area contributed by atoms with Crippen LogP contribution < -0.4 is 5.73 Å². The first-order valence-electron chi connectivity index (χ1n) is 5.82. The van der Waals surface area contributed by atoms with Gasteiger partial charge in [-0.15, -0.1) is 0 Å². The summed E-state index contributed by atoms with van der Waals surface area (Å²) in [6.07, 6.45) is 0. The first kappa shape index (κ1) is 13.9. The number of nitrogens with zero attached hydrogens (tertiary/aromatic N) is 1. The number of hydrogen-bond acceptors (Lipinski definition) is 3. The molecule has 0 saturated heterocycles. The molecule has 1 aromatic rings. The van der Waals surface area contributed by atoms with Crippen molar-refractivity contribution in [3.63, 3.8) is 0 Å². The summed E-state index contributed by atoms with van der Waals surface area (Å²) < 4.78 is 0. The van der Waals surface area contributed by atoms with Gasteiger partial charge in [0.15, 0.2) is 0 Å². The average molecular weight is 252 g/mol. The highest BCUT2D eigenvalue weighted by molar-refractivity contribution is 7.80. The van der Waals surface area contributed by atoms with Gasteiger partial charge in [0.1, 0.15) is 5.75 Å². The second-order valence-electron chi connectivity index (χ2n) is 4.30. The van der Waals surface area contributed by atoms with Gasteiger partial charge in [0, 0.05) is 19.0 Å². The van der Waals surface area contributed by atoms with Crippen LogP contribution >= 0.6 is 12.2 Å². The lowest BCUT2D eigenvalue weighted by molar-refractivity contribution is 0.264. The number of nitrogens with two attached hydrogens (primary N) is 1. The summed E-state index contributed by atoms with van der Waals surface area (Å²) in [5, 5.41) is 9.41. The van der Waals surface area contributed by atoms with Gasteiger partial charge < -0.3 is 10.8 Å². The first-order valence-corrected chi connectivity index (χ1v) is 6.23. The van der Waals surface area contributed by atoms with Gasteiger partial charge in [0.05, 0.1) is 4.99 Å². The highest BCUT2D eigenvalue weighted by Gasteiger charge is 2.11. The highest BCUT2D eigenvalue weighted by Crippen LogP contribution is 2.13. The molecule has 0 aromatic heterocycles. The first-order chi connectivity index (χ1) is 8.02. The molecule has 0 radical (unpaired) electrons. The molecular weight excluding hydrogens is 232 g/mol. The predicted octanol–water partition coefficient (Wildman–Crippen LogP) is 2.14. The molecule has 0 bridgehead atoms. The van der Waals surface area contributed by atoms with Gasteiger partial charge >= 0.3 is 0 Å². The maximum Gasteiger partial charge on any atom is 0.115 e. The summed E-state index contributed by atoms with van der Waals surface area (Å²) in [7, 11) is 0. The summed E-state index contributed by atoms with van der Waals surface area (Å²) in [5.74, 6) is 0.517. The van der Waals surface area contributed by atoms with Gasteiger partial charge in [0.2, 0.25) is 0 Å². The van der Waals surface area contributed by atoms with Crippen molar-refractivity contribution >= 4 is 17.2 Å². The molecule has 0 aliphatic carbocycles. The van der Waals surface area contributed by atoms with E-state index < -0.39 is 0 Å². The Morgan fingerprint density at radius 1 is 1.53 bits per heavy atom. The average Bonchev–Trinajstić information content (AvgIpc) is 2.27. The molecule has 3 nitrogen and oxygen atoms in total. The van der Waals surface area contributed by atoms with Crippen LogP contribution in [0.25, 0.3) is 0 Å². The van der Waals surface area contributed by atoms with Crippen molar-refractivity contribution in [2.24, 2.45) is 11.7 Å². The largest absolute Gasteiger partial charge is 0.508 e. The topological polar surface area (TPSA) is 49.5 Å². The third-order valence-electron chi connectivity index (χ3n) is 2.78. The Bertz CT molecular complexity index is 381. The second kappa shape index (κ2) is 6.57. The van der Waals surface area contributed by atoms with E-state index in [2.05, 4.69) is 11.8 Å². The third kappa shape index (κ3) is 4.71. The van der Waals surface area contributed by atoms with E-state index in [-0.39, 0.29) is 5.92 Å². The van der Waals surface area contributed by atoms with Gasteiger partial charge in [-0.2, -0.15) is 0 Å². The Balaban J connectivity index is 2.61. The van der Waals surface area contributed by atoms with E-state index in [0.717, 1.165) is 25.2 Å². The number of phenolic OH excluding ortho intramolecular Hbond substituents is 1. The lowest BCUT2D eigenvalue weighted by Gasteiger charge is -2.23. The molecule has 1 rings (SSSR count). The van der Waals surface area contributed by atoms with Gasteiger partial charge in [0.25, 0.3) is 0 Å². The van der Waals surface area contributed by atoms with E-state index in [1.54, 1.807) is 12.1 Å². The maximum atomic E-state index is 9.41. The molecule has 17 heavy (non-hydrogen) atoms. The maximum absolute atomic E-state index is 9.41. The highest BCUT2D eigenvalue weighted by atomic mass is 32.1. The van der Waals surface area contributed by atoms with E-state index >= 15 is 0 Å². The fraction of sp³-hybridized carbons (Fsp3) is 0.462. The second-order valence-corrected chi connectivity index (χ2v) is 4.77. The molecule has 1 atom stereocenters. The van der Waals surface area contributed by atoms with Crippen LogP contribution in [0, 0.1) is 5.92 Å². The fourth-order valence-corrected chi connectivity index (χ4v) is 1.77. The molecule has 0 amide bonds. The van der Waals surface area contributed by atoms with Crippen LogP contribution in [0.1, 0.15) is 19.4 Å². The molecule has 0 spiro atoms. The minimum absolute atomic E-state index is 0.210. The quantitative estimate of drug-likeness (QED) is 0.762. The smallest absolute Gasteiger partial charge is 0.115 e. The lowest BCUT2D eigenvalue weighted by atomic mass is 10.1. The van der Waals surface area contributed by atoms with Crippen molar-refractivity contribution in [3.8, 4) is 5.75 Å². The van der Waals surface area contributed by atoms with Crippen LogP contribution in [0.2, 0.25) is 0 Å². The molecule has 0 saturated carbocycles. The summed E-state index contributed by atoms with van der Waals surface area (Å²) in [5.41, 5.74) is 6.72. The van der Waals surface area contributed by atoms with Crippen LogP contribution in [0.5, 0.6) is 5.75 Å². The van der Waals surface area contributed by atoms with Crippen LogP contribution in [0.3, 0.4) is 0 Å². The molecular formula is C13H20N2OS. The zero-order valence-electron chi connectivity index (χ0n) is 10.4. The third-order valence-corrected chi connectivity index (χ3v) is 3.18. The number of rotatable bonds is 6. The Hall–Kier alpha value is -1.13. The van der Waals surface area contributed by atoms with Crippen LogP contribution in [0.15, 0.2) is 24.3 Å². The molecule has 0 aliphatic rings. The Kier molecular flexibility index (Phi) is 5.38. The monoisotopic (exact) mass is 252 g/mol. The van der Waals surface area contributed by atoms with E-state index in [0.29, 0.717) is 10.7 Å². The minimum Gasteiger partial charge on any atom is -0.508 e. The molecule has 0 heterocycles. The fourth-order valence-electron chi connectivity index (χ4n) is 1.70. The van der Waals surface area contributed by atoms with Crippen molar-refractivity contribution in [2.45, 2.75) is 20.4 Å². The van der Waals surface area contributed by atoms with Crippen LogP contribution in [-0.4, -0.2) is 28.1 Å². The number of benzene rings is 1. The molecule has 4 heteroatoms. The van der Waals surface area contributed by atoms with E-state index in [4.69, 9.17) is 18.0 Å². The van der Waals surface area contributed by atoms with Gasteiger partial charge in [-0.1, -0.05) is 38.2 Å². The molecule has 1 unspecified atom stereocenters. The Morgan fingerprint density at radius 2 is 2.24 bits per heavy atom. The summed E-state index contributed by atoms with van der Waals surface area (Å²) in [4.78, 5) is 2.82. The number of aromatic hydroxyl groups is 1. The Morgan fingerprint density at radius 3 is 2.76 bits per heavy atom. The SMILES string of the molecule is CCN(Cc1cccc(O)c1)CC(C)C(N)=S. The van der Waals surface area contributed by atoms with E-state index in [1.807, 2.05) is 19.1 Å². The molecule has 1 aromatic carbocycles. The summed E-state index contributed by atoms with van der Waals surface area (Å²) in [6, 6.07) is 7.33. The van der Waals surface area contributed by atoms with Crippen molar-refractivity contribution in [1.29, 1.82) is 0 Å².